The quantitative estimate of drug-likeness (QED) is 0.836. The third-order valence-electron chi connectivity index (χ3n) is 4.45. The number of carbonyl (C=O) groups excluding carboxylic acids is 2. The number of Topliss-reactive ketones (excluding diaryl/α,β-unsaturated/α-hetero) is 1. The highest BCUT2D eigenvalue weighted by atomic mass is 32.1. The van der Waals surface area contributed by atoms with Crippen molar-refractivity contribution in [3.63, 3.8) is 0 Å². The van der Waals surface area contributed by atoms with Gasteiger partial charge in [0.1, 0.15) is 0 Å². The van der Waals surface area contributed by atoms with Gasteiger partial charge in [-0.3, -0.25) is 9.59 Å². The minimum atomic E-state index is -0.174. The molecule has 0 radical (unpaired) electrons. The van der Waals surface area contributed by atoms with Crippen molar-refractivity contribution in [1.82, 2.24) is 0 Å². The van der Waals surface area contributed by atoms with Gasteiger partial charge >= 0.3 is 0 Å². The van der Waals surface area contributed by atoms with Gasteiger partial charge in [0.15, 0.2) is 5.78 Å². The Morgan fingerprint density at radius 3 is 2.25 bits per heavy atom. The van der Waals surface area contributed by atoms with Crippen LogP contribution < -0.4 is 10.2 Å². The van der Waals surface area contributed by atoms with Crippen molar-refractivity contribution in [2.75, 3.05) is 23.3 Å². The first kappa shape index (κ1) is 16.7. The fourth-order valence-corrected chi connectivity index (χ4v) is 3.66. The molecule has 5 heteroatoms. The van der Waals surface area contributed by atoms with E-state index in [0.29, 0.717) is 9.75 Å². The van der Waals surface area contributed by atoms with Crippen LogP contribution in [0.3, 0.4) is 0 Å². The van der Waals surface area contributed by atoms with Crippen molar-refractivity contribution >= 4 is 34.4 Å². The molecule has 0 bridgehead atoms. The Bertz CT molecular complexity index is 728. The van der Waals surface area contributed by atoms with Crippen molar-refractivity contribution in [1.29, 1.82) is 0 Å². The van der Waals surface area contributed by atoms with E-state index in [0.717, 1.165) is 24.7 Å². The molecule has 1 N–H and O–H groups in total. The number of rotatable bonds is 4. The second-order valence-corrected chi connectivity index (χ2v) is 7.47. The SMILES string of the molecule is CC(=O)c1ccc(C(=O)Nc2ccc(N3CCC(C)CC3)cc2)s1. The third kappa shape index (κ3) is 3.85. The van der Waals surface area contributed by atoms with Gasteiger partial charge in [-0.1, -0.05) is 6.92 Å². The Labute approximate surface area is 146 Å². The van der Waals surface area contributed by atoms with Crippen LogP contribution in [0.1, 0.15) is 46.0 Å². The zero-order chi connectivity index (χ0) is 17.1. The lowest BCUT2D eigenvalue weighted by molar-refractivity contribution is 0.101. The molecule has 1 aromatic carbocycles. The van der Waals surface area contributed by atoms with Gasteiger partial charge in [-0.05, 0) is 62.1 Å². The van der Waals surface area contributed by atoms with E-state index in [9.17, 15) is 9.59 Å². The van der Waals surface area contributed by atoms with E-state index in [1.54, 1.807) is 12.1 Å². The molecule has 0 aliphatic carbocycles. The number of nitrogens with one attached hydrogen (secondary N) is 1. The minimum Gasteiger partial charge on any atom is -0.372 e. The normalized spacial score (nSPS) is 15.3. The maximum Gasteiger partial charge on any atom is 0.265 e. The van der Waals surface area contributed by atoms with E-state index in [-0.39, 0.29) is 11.7 Å². The molecule has 126 valence electrons. The maximum absolute atomic E-state index is 12.3. The first-order valence-corrected chi connectivity index (χ1v) is 9.11. The molecule has 24 heavy (non-hydrogen) atoms. The molecule has 1 amide bonds. The van der Waals surface area contributed by atoms with Crippen LogP contribution in [0.15, 0.2) is 36.4 Å². The number of amides is 1. The minimum absolute atomic E-state index is 0.0146. The van der Waals surface area contributed by atoms with Crippen LogP contribution in [0.4, 0.5) is 11.4 Å². The molecule has 2 aromatic rings. The van der Waals surface area contributed by atoms with Crippen LogP contribution in [0.25, 0.3) is 0 Å². The molecule has 0 spiro atoms. The number of benzene rings is 1. The summed E-state index contributed by atoms with van der Waals surface area (Å²) in [4.78, 5) is 27.1. The van der Waals surface area contributed by atoms with Gasteiger partial charge in [-0.2, -0.15) is 0 Å². The molecule has 1 aliphatic heterocycles. The van der Waals surface area contributed by atoms with Crippen molar-refractivity contribution < 1.29 is 9.59 Å². The number of carbonyl (C=O) groups is 2. The van der Waals surface area contributed by atoms with Gasteiger partial charge in [-0.15, -0.1) is 11.3 Å². The summed E-state index contributed by atoms with van der Waals surface area (Å²) in [5.41, 5.74) is 1.97. The predicted molar refractivity (Wildman–Crippen MR) is 99.3 cm³/mol. The molecule has 1 aliphatic rings. The molecule has 1 fully saturated rings. The van der Waals surface area contributed by atoms with E-state index in [4.69, 9.17) is 0 Å². The van der Waals surface area contributed by atoms with Crippen LogP contribution in [-0.4, -0.2) is 24.8 Å². The molecule has 1 saturated heterocycles. The Morgan fingerprint density at radius 2 is 1.67 bits per heavy atom. The summed E-state index contributed by atoms with van der Waals surface area (Å²) in [6, 6.07) is 11.4. The first-order chi connectivity index (χ1) is 11.5. The fraction of sp³-hybridized carbons (Fsp3) is 0.368. The van der Waals surface area contributed by atoms with Crippen molar-refractivity contribution in [2.45, 2.75) is 26.7 Å². The zero-order valence-corrected chi connectivity index (χ0v) is 14.9. The number of ketones is 1. The van der Waals surface area contributed by atoms with Crippen LogP contribution in [-0.2, 0) is 0 Å². The lowest BCUT2D eigenvalue weighted by Gasteiger charge is -2.32. The number of hydrogen-bond donors (Lipinski definition) is 1. The zero-order valence-electron chi connectivity index (χ0n) is 14.0. The van der Waals surface area contributed by atoms with Gasteiger partial charge in [0, 0.05) is 24.5 Å². The summed E-state index contributed by atoms with van der Waals surface area (Å²) in [6.07, 6.45) is 2.46. The maximum atomic E-state index is 12.3. The highest BCUT2D eigenvalue weighted by molar-refractivity contribution is 7.16. The van der Waals surface area contributed by atoms with E-state index < -0.39 is 0 Å². The monoisotopic (exact) mass is 342 g/mol. The summed E-state index contributed by atoms with van der Waals surface area (Å²) < 4.78 is 0. The third-order valence-corrected chi connectivity index (χ3v) is 5.64. The highest BCUT2D eigenvalue weighted by Gasteiger charge is 2.16. The van der Waals surface area contributed by atoms with Crippen molar-refractivity contribution in [3.05, 3.63) is 46.2 Å². The van der Waals surface area contributed by atoms with Gasteiger partial charge in [0.25, 0.3) is 5.91 Å². The van der Waals surface area contributed by atoms with E-state index in [1.165, 1.54) is 36.8 Å². The average molecular weight is 342 g/mol. The topological polar surface area (TPSA) is 49.4 Å². The summed E-state index contributed by atoms with van der Waals surface area (Å²) in [7, 11) is 0. The van der Waals surface area contributed by atoms with Crippen LogP contribution >= 0.6 is 11.3 Å². The van der Waals surface area contributed by atoms with E-state index >= 15 is 0 Å². The molecule has 4 nitrogen and oxygen atoms in total. The summed E-state index contributed by atoms with van der Waals surface area (Å²) in [6.45, 7) is 6.00. The molecule has 0 saturated carbocycles. The second-order valence-electron chi connectivity index (χ2n) is 6.39. The molecule has 0 atom stereocenters. The summed E-state index contributed by atoms with van der Waals surface area (Å²) >= 11 is 1.22. The first-order valence-electron chi connectivity index (χ1n) is 8.30. The summed E-state index contributed by atoms with van der Waals surface area (Å²) in [5, 5.41) is 2.89. The predicted octanol–water partition coefficient (Wildman–Crippen LogP) is 4.44. The summed E-state index contributed by atoms with van der Waals surface area (Å²) in [5.74, 6) is 0.622. The Kier molecular flexibility index (Phi) is 5.00. The Morgan fingerprint density at radius 1 is 1.04 bits per heavy atom. The van der Waals surface area contributed by atoms with Crippen molar-refractivity contribution in [2.24, 2.45) is 5.92 Å². The highest BCUT2D eigenvalue weighted by Crippen LogP contribution is 2.25. The molecular formula is C19H22N2O2S. The number of nitrogens with zero attached hydrogens (tertiary/aromatic N) is 1. The van der Waals surface area contributed by atoms with E-state index in [1.807, 2.05) is 12.1 Å². The average Bonchev–Trinajstić information content (AvgIpc) is 3.07. The standard InChI is InChI=1S/C19H22N2O2S/c1-13-9-11-21(12-10-13)16-5-3-15(4-6-16)20-19(23)18-8-7-17(24-18)14(2)22/h3-8,13H,9-12H2,1-2H3,(H,20,23). The Balaban J connectivity index is 1.63. The van der Waals surface area contributed by atoms with Crippen LogP contribution in [0, 0.1) is 5.92 Å². The molecular weight excluding hydrogens is 320 g/mol. The number of thiophene rings is 1. The molecule has 1 aromatic heterocycles. The number of anilines is 2. The lowest BCUT2D eigenvalue weighted by Crippen LogP contribution is -2.32. The largest absolute Gasteiger partial charge is 0.372 e. The van der Waals surface area contributed by atoms with Gasteiger partial charge in [-0.25, -0.2) is 0 Å². The number of piperidine rings is 1. The van der Waals surface area contributed by atoms with Gasteiger partial charge < -0.3 is 10.2 Å². The van der Waals surface area contributed by atoms with Crippen LogP contribution in [0.2, 0.25) is 0 Å². The Hall–Kier alpha value is -2.14. The molecule has 3 rings (SSSR count). The number of hydrogen-bond acceptors (Lipinski definition) is 4. The second kappa shape index (κ2) is 7.18. The lowest BCUT2D eigenvalue weighted by atomic mass is 9.99. The van der Waals surface area contributed by atoms with Gasteiger partial charge in [0.2, 0.25) is 0 Å². The van der Waals surface area contributed by atoms with Crippen LogP contribution in [0.5, 0.6) is 0 Å². The molecule has 0 unspecified atom stereocenters. The smallest absolute Gasteiger partial charge is 0.265 e. The van der Waals surface area contributed by atoms with Gasteiger partial charge in [0.05, 0.1) is 9.75 Å². The fourth-order valence-electron chi connectivity index (χ4n) is 2.86. The molecule has 2 heterocycles. The van der Waals surface area contributed by atoms with Crippen molar-refractivity contribution in [3.8, 4) is 0 Å². The van der Waals surface area contributed by atoms with E-state index in [2.05, 4.69) is 29.3 Å².